The maximum atomic E-state index is 5.17. The van der Waals surface area contributed by atoms with Gasteiger partial charge in [0.25, 0.3) is 0 Å². The van der Waals surface area contributed by atoms with E-state index in [0.717, 1.165) is 61.7 Å². The van der Waals surface area contributed by atoms with E-state index in [4.69, 9.17) is 9.97 Å². The first kappa shape index (κ1) is 26.7. The Balaban J connectivity index is 1.36. The molecule has 0 spiro atoms. The molecule has 0 aliphatic carbocycles. The zero-order valence-electron chi connectivity index (χ0n) is 26.1. The maximum absolute atomic E-state index is 5.17. The number of nitrogens with zero attached hydrogens (tertiary/aromatic N) is 6. The highest BCUT2D eigenvalue weighted by Crippen LogP contribution is 2.38. The molecular weight excluding hydrogens is 589 g/mol. The molecule has 0 fully saturated rings. The molecule has 0 aliphatic rings. The van der Waals surface area contributed by atoms with Crippen LogP contribution in [0.5, 0.6) is 0 Å². The highest BCUT2D eigenvalue weighted by Gasteiger charge is 2.21. The summed E-state index contributed by atoms with van der Waals surface area (Å²) >= 11 is 0. The van der Waals surface area contributed by atoms with Gasteiger partial charge < -0.3 is 9.13 Å². The number of imidazole rings is 1. The summed E-state index contributed by atoms with van der Waals surface area (Å²) < 4.78 is 6.91. The molecule has 0 aliphatic heterocycles. The van der Waals surface area contributed by atoms with Crippen LogP contribution in [-0.2, 0) is 0 Å². The smallest absolute Gasteiger partial charge is 0.198 e. The van der Waals surface area contributed by atoms with Crippen LogP contribution in [0, 0.1) is 6.92 Å². The molecule has 0 saturated carbocycles. The Labute approximate surface area is 275 Å². The molecule has 6 nitrogen and oxygen atoms in total. The van der Waals surface area contributed by atoms with Gasteiger partial charge in [-0.2, -0.15) is 0 Å². The Morgan fingerprint density at radius 3 is 1.44 bits per heavy atom. The van der Waals surface area contributed by atoms with Crippen molar-refractivity contribution in [3.63, 3.8) is 0 Å². The Bertz CT molecular complexity index is 2630. The van der Waals surface area contributed by atoms with E-state index in [1.54, 1.807) is 12.4 Å². The van der Waals surface area contributed by atoms with E-state index < -0.39 is 0 Å². The molecule has 6 aromatic carbocycles. The van der Waals surface area contributed by atoms with Crippen LogP contribution in [0.15, 0.2) is 152 Å². The van der Waals surface area contributed by atoms with Crippen LogP contribution in [0.3, 0.4) is 0 Å². The first-order valence-corrected chi connectivity index (χ1v) is 16.1. The monoisotopic (exact) mass is 616 g/mol. The number of hydrogen-bond donors (Lipinski definition) is 0. The minimum absolute atomic E-state index is 0.608. The molecule has 48 heavy (non-hydrogen) atoms. The van der Waals surface area contributed by atoms with Crippen molar-refractivity contribution in [2.24, 2.45) is 0 Å². The summed E-state index contributed by atoms with van der Waals surface area (Å²) in [6.45, 7) is 2.12. The molecule has 0 amide bonds. The van der Waals surface area contributed by atoms with E-state index in [-0.39, 0.29) is 0 Å². The van der Waals surface area contributed by atoms with Crippen molar-refractivity contribution in [1.82, 2.24) is 28.7 Å². The van der Waals surface area contributed by atoms with Gasteiger partial charge in [0, 0.05) is 50.9 Å². The first-order valence-electron chi connectivity index (χ1n) is 16.1. The third-order valence-electron chi connectivity index (χ3n) is 9.49. The van der Waals surface area contributed by atoms with Crippen LogP contribution >= 0.6 is 0 Å². The second-order valence-corrected chi connectivity index (χ2v) is 12.2. The van der Waals surface area contributed by atoms with Crippen LogP contribution in [0.1, 0.15) is 5.56 Å². The fraction of sp³-hybridized carbons (Fsp3) is 0.0238. The number of benzene rings is 6. The van der Waals surface area contributed by atoms with Gasteiger partial charge in [-0.05, 0) is 61.0 Å². The van der Waals surface area contributed by atoms with Gasteiger partial charge in [0.1, 0.15) is 5.82 Å². The molecule has 0 N–H and O–H groups in total. The lowest BCUT2D eigenvalue weighted by molar-refractivity contribution is 1.05. The zero-order valence-corrected chi connectivity index (χ0v) is 26.1. The summed E-state index contributed by atoms with van der Waals surface area (Å²) in [5.74, 6) is 0.787. The Kier molecular flexibility index (Phi) is 5.69. The van der Waals surface area contributed by atoms with E-state index in [9.17, 15) is 0 Å². The van der Waals surface area contributed by atoms with Gasteiger partial charge in [-0.3, -0.25) is 4.57 Å². The van der Waals surface area contributed by atoms with Crippen molar-refractivity contribution in [3.05, 3.63) is 157 Å². The van der Waals surface area contributed by atoms with Crippen LogP contribution in [0.25, 0.3) is 83.4 Å². The average Bonchev–Trinajstić information content (AvgIpc) is 3.80. The summed E-state index contributed by atoms with van der Waals surface area (Å²) in [4.78, 5) is 14.6. The molecule has 10 aromatic rings. The predicted octanol–water partition coefficient (Wildman–Crippen LogP) is 9.99. The third-order valence-corrected chi connectivity index (χ3v) is 9.49. The standard InChI is InChI=1S/C42H28N6/c1-27-12-2-7-17-35(27)48-41(45-40-42(48)44-23-22-43-40)28-24-29(46-36-18-8-3-13-31(36)32-14-4-9-19-37(32)46)26-30(25-28)47-38-20-10-5-15-33(38)34-16-6-11-21-39(34)47/h2-26H,1H3. The first-order chi connectivity index (χ1) is 23.7. The van der Waals surface area contributed by atoms with Gasteiger partial charge in [0.2, 0.25) is 0 Å². The van der Waals surface area contributed by atoms with E-state index in [1.165, 1.54) is 21.5 Å². The van der Waals surface area contributed by atoms with Crippen molar-refractivity contribution in [3.8, 4) is 28.5 Å². The molecule has 4 heterocycles. The fourth-order valence-corrected chi connectivity index (χ4v) is 7.43. The molecule has 0 saturated heterocycles. The second-order valence-electron chi connectivity index (χ2n) is 12.2. The van der Waals surface area contributed by atoms with Crippen LogP contribution < -0.4 is 0 Å². The SMILES string of the molecule is Cc1ccccc1-n1c(-c2cc(-n3c4ccccc4c4ccccc43)cc(-n3c4ccccc4c4ccccc43)c2)nc2nccnc21. The van der Waals surface area contributed by atoms with Crippen molar-refractivity contribution in [2.75, 3.05) is 0 Å². The van der Waals surface area contributed by atoms with E-state index in [0.29, 0.717) is 5.65 Å². The quantitative estimate of drug-likeness (QED) is 0.198. The summed E-state index contributed by atoms with van der Waals surface area (Å²) in [5.41, 5.74) is 11.2. The lowest BCUT2D eigenvalue weighted by atomic mass is 10.1. The molecule has 0 bridgehead atoms. The fourth-order valence-electron chi connectivity index (χ4n) is 7.43. The van der Waals surface area contributed by atoms with Gasteiger partial charge >= 0.3 is 0 Å². The van der Waals surface area contributed by atoms with Crippen LogP contribution in [0.4, 0.5) is 0 Å². The molecule has 6 heteroatoms. The Morgan fingerprint density at radius 1 is 0.458 bits per heavy atom. The molecule has 0 unspecified atom stereocenters. The van der Waals surface area contributed by atoms with Crippen molar-refractivity contribution < 1.29 is 0 Å². The number of aryl methyl sites for hydroxylation is 1. The molecule has 4 aromatic heterocycles. The molecule has 0 radical (unpaired) electrons. The normalized spacial score (nSPS) is 11.9. The molecule has 0 atom stereocenters. The van der Waals surface area contributed by atoms with Gasteiger partial charge in [-0.1, -0.05) is 91.0 Å². The Morgan fingerprint density at radius 2 is 0.917 bits per heavy atom. The van der Waals surface area contributed by atoms with Crippen molar-refractivity contribution in [1.29, 1.82) is 0 Å². The summed E-state index contributed by atoms with van der Waals surface area (Å²) in [7, 11) is 0. The van der Waals surface area contributed by atoms with E-state index in [2.05, 4.69) is 165 Å². The lowest BCUT2D eigenvalue weighted by Gasteiger charge is -2.17. The minimum Gasteiger partial charge on any atom is -0.309 e. The number of fused-ring (bicyclic) bond motifs is 7. The van der Waals surface area contributed by atoms with Crippen LogP contribution in [-0.4, -0.2) is 28.7 Å². The largest absolute Gasteiger partial charge is 0.309 e. The van der Waals surface area contributed by atoms with Crippen molar-refractivity contribution >= 4 is 54.9 Å². The Hall–Kier alpha value is -6.53. The topological polar surface area (TPSA) is 53.5 Å². The minimum atomic E-state index is 0.608. The van der Waals surface area contributed by atoms with Gasteiger partial charge in [0.15, 0.2) is 11.3 Å². The van der Waals surface area contributed by atoms with Crippen molar-refractivity contribution in [2.45, 2.75) is 6.92 Å². The zero-order chi connectivity index (χ0) is 31.8. The predicted molar refractivity (Wildman–Crippen MR) is 196 cm³/mol. The third kappa shape index (κ3) is 3.83. The molecule has 226 valence electrons. The van der Waals surface area contributed by atoms with Gasteiger partial charge in [0.05, 0.1) is 27.8 Å². The summed E-state index contributed by atoms with van der Waals surface area (Å²) in [6, 6.07) is 49.8. The van der Waals surface area contributed by atoms with Gasteiger partial charge in [-0.15, -0.1) is 0 Å². The molecular formula is C42H28N6. The highest BCUT2D eigenvalue weighted by atomic mass is 15.2. The van der Waals surface area contributed by atoms with E-state index in [1.807, 2.05) is 0 Å². The number of hydrogen-bond acceptors (Lipinski definition) is 3. The number of para-hydroxylation sites is 5. The highest BCUT2D eigenvalue weighted by molar-refractivity contribution is 6.10. The number of aromatic nitrogens is 6. The maximum Gasteiger partial charge on any atom is 0.198 e. The molecule has 10 rings (SSSR count). The lowest BCUT2D eigenvalue weighted by Crippen LogP contribution is -2.04. The van der Waals surface area contributed by atoms with E-state index >= 15 is 0 Å². The summed E-state index contributed by atoms with van der Waals surface area (Å²) in [5, 5.41) is 4.88. The second kappa shape index (κ2) is 10.2. The average molecular weight is 617 g/mol. The number of rotatable bonds is 4. The summed E-state index contributed by atoms with van der Waals surface area (Å²) in [6.07, 6.45) is 3.44. The van der Waals surface area contributed by atoms with Gasteiger partial charge in [-0.25, -0.2) is 15.0 Å². The van der Waals surface area contributed by atoms with Crippen LogP contribution in [0.2, 0.25) is 0 Å².